The highest BCUT2D eigenvalue weighted by Gasteiger charge is 2.18. The lowest BCUT2D eigenvalue weighted by Crippen LogP contribution is -2.21. The summed E-state index contributed by atoms with van der Waals surface area (Å²) in [7, 11) is 0. The average molecular weight is 394 g/mol. The van der Waals surface area contributed by atoms with Gasteiger partial charge < -0.3 is 10.1 Å². The normalized spacial score (nSPS) is 10.1. The predicted molar refractivity (Wildman–Crippen MR) is 94.9 cm³/mol. The Hall–Kier alpha value is -3.53. The highest BCUT2D eigenvalue weighted by molar-refractivity contribution is 6.33. The molecule has 0 aromatic heterocycles. The Morgan fingerprint density at radius 3 is 2.41 bits per heavy atom. The molecule has 2 rings (SSSR count). The zero-order valence-electron chi connectivity index (χ0n) is 13.8. The van der Waals surface area contributed by atoms with Gasteiger partial charge in [0, 0.05) is 29.4 Å². The van der Waals surface area contributed by atoms with Gasteiger partial charge >= 0.3 is 5.97 Å². The molecule has 0 atom stereocenters. The summed E-state index contributed by atoms with van der Waals surface area (Å²) in [5.74, 6) is -1.67. The molecule has 0 aliphatic carbocycles. The number of nitro groups is 2. The third kappa shape index (κ3) is 4.98. The van der Waals surface area contributed by atoms with Crippen LogP contribution in [0.1, 0.15) is 15.9 Å². The molecular formula is C16H12ClN3O7. The van der Waals surface area contributed by atoms with Crippen molar-refractivity contribution in [3.05, 3.63) is 72.8 Å². The maximum atomic E-state index is 11.9. The summed E-state index contributed by atoms with van der Waals surface area (Å²) in [6.45, 7) is 0.882. The molecule has 0 bridgehead atoms. The van der Waals surface area contributed by atoms with Crippen molar-refractivity contribution in [1.82, 2.24) is 0 Å². The van der Waals surface area contributed by atoms with E-state index in [0.717, 1.165) is 18.2 Å². The fourth-order valence-electron chi connectivity index (χ4n) is 2.07. The summed E-state index contributed by atoms with van der Waals surface area (Å²) in [6, 6.07) is 7.30. The Bertz CT molecular complexity index is 946. The maximum Gasteiger partial charge on any atom is 0.340 e. The van der Waals surface area contributed by atoms with Gasteiger partial charge in [-0.3, -0.25) is 25.0 Å². The summed E-state index contributed by atoms with van der Waals surface area (Å²) in [4.78, 5) is 44.1. The Morgan fingerprint density at radius 2 is 1.81 bits per heavy atom. The largest absolute Gasteiger partial charge is 0.452 e. The number of hydrogen-bond acceptors (Lipinski definition) is 7. The van der Waals surface area contributed by atoms with Crippen molar-refractivity contribution in [3.8, 4) is 0 Å². The molecule has 0 unspecified atom stereocenters. The Labute approximate surface area is 157 Å². The number of nitro benzene ring substituents is 2. The first-order chi connectivity index (χ1) is 12.7. The van der Waals surface area contributed by atoms with Crippen molar-refractivity contribution in [2.45, 2.75) is 6.92 Å². The van der Waals surface area contributed by atoms with Crippen molar-refractivity contribution < 1.29 is 24.2 Å². The molecule has 0 radical (unpaired) electrons. The minimum absolute atomic E-state index is 0.138. The number of rotatable bonds is 6. The molecule has 27 heavy (non-hydrogen) atoms. The van der Waals surface area contributed by atoms with Gasteiger partial charge in [-0.05, 0) is 19.1 Å². The van der Waals surface area contributed by atoms with Gasteiger partial charge in [0.15, 0.2) is 6.61 Å². The van der Waals surface area contributed by atoms with Crippen LogP contribution in [0.2, 0.25) is 5.02 Å². The van der Waals surface area contributed by atoms with Crippen molar-refractivity contribution in [2.24, 2.45) is 0 Å². The minimum Gasteiger partial charge on any atom is -0.452 e. The van der Waals surface area contributed by atoms with Crippen LogP contribution >= 0.6 is 11.6 Å². The van der Waals surface area contributed by atoms with E-state index < -0.39 is 28.3 Å². The Kier molecular flexibility index (Phi) is 6.03. The number of hydrogen-bond donors (Lipinski definition) is 1. The number of carbonyl (C=O) groups excluding carboxylic acids is 2. The first-order valence-electron chi connectivity index (χ1n) is 7.35. The number of carbonyl (C=O) groups is 2. The molecule has 0 heterocycles. The number of esters is 1. The molecule has 0 saturated carbocycles. The molecule has 140 valence electrons. The molecule has 0 fully saturated rings. The number of ether oxygens (including phenoxy) is 1. The number of anilines is 1. The van der Waals surface area contributed by atoms with Crippen LogP contribution in [0.4, 0.5) is 17.1 Å². The molecular weight excluding hydrogens is 382 g/mol. The summed E-state index contributed by atoms with van der Waals surface area (Å²) in [5, 5.41) is 23.7. The molecule has 0 saturated heterocycles. The quantitative estimate of drug-likeness (QED) is 0.450. The number of aryl methyl sites for hydroxylation is 1. The minimum atomic E-state index is -0.945. The molecule has 2 aromatic carbocycles. The molecule has 11 heteroatoms. The van der Waals surface area contributed by atoms with Crippen LogP contribution in [-0.4, -0.2) is 28.3 Å². The highest BCUT2D eigenvalue weighted by atomic mass is 35.5. The zero-order chi connectivity index (χ0) is 20.1. The van der Waals surface area contributed by atoms with E-state index in [4.69, 9.17) is 16.3 Å². The smallest absolute Gasteiger partial charge is 0.340 e. The fraction of sp³-hybridized carbons (Fsp3) is 0.125. The third-order valence-electron chi connectivity index (χ3n) is 3.41. The SMILES string of the molecule is Cc1ccc(NC(=O)COC(=O)c2ccc([N+](=O)[O-])cc2Cl)cc1[N+](=O)[O-]. The highest BCUT2D eigenvalue weighted by Crippen LogP contribution is 2.24. The van der Waals surface area contributed by atoms with E-state index in [2.05, 4.69) is 5.32 Å². The van der Waals surface area contributed by atoms with Gasteiger partial charge in [-0.2, -0.15) is 0 Å². The molecule has 2 aromatic rings. The summed E-state index contributed by atoms with van der Waals surface area (Å²) < 4.78 is 4.81. The van der Waals surface area contributed by atoms with E-state index in [1.54, 1.807) is 6.92 Å². The van der Waals surface area contributed by atoms with E-state index >= 15 is 0 Å². The van der Waals surface area contributed by atoms with Crippen LogP contribution in [0.25, 0.3) is 0 Å². The molecule has 0 aliphatic rings. The molecule has 10 nitrogen and oxygen atoms in total. The van der Waals surface area contributed by atoms with Gasteiger partial charge in [0.05, 0.1) is 20.4 Å². The molecule has 1 N–H and O–H groups in total. The van der Waals surface area contributed by atoms with Crippen LogP contribution in [-0.2, 0) is 9.53 Å². The van der Waals surface area contributed by atoms with Gasteiger partial charge in [-0.25, -0.2) is 4.79 Å². The Morgan fingerprint density at radius 1 is 1.11 bits per heavy atom. The average Bonchev–Trinajstić information content (AvgIpc) is 2.60. The van der Waals surface area contributed by atoms with Crippen molar-refractivity contribution in [3.63, 3.8) is 0 Å². The molecule has 0 spiro atoms. The van der Waals surface area contributed by atoms with Crippen LogP contribution in [0, 0.1) is 27.2 Å². The summed E-state index contributed by atoms with van der Waals surface area (Å²) in [5.41, 5.74) is -0.00212. The lowest BCUT2D eigenvalue weighted by Gasteiger charge is -2.08. The number of nitrogens with one attached hydrogen (secondary N) is 1. The zero-order valence-corrected chi connectivity index (χ0v) is 14.6. The van der Waals surface area contributed by atoms with Gasteiger partial charge in [-0.1, -0.05) is 17.7 Å². The number of benzene rings is 2. The van der Waals surface area contributed by atoms with E-state index in [1.165, 1.54) is 18.2 Å². The van der Waals surface area contributed by atoms with Gasteiger partial charge in [0.1, 0.15) is 0 Å². The van der Waals surface area contributed by atoms with Gasteiger partial charge in [-0.15, -0.1) is 0 Å². The standard InChI is InChI=1S/C16H12ClN3O7/c1-9-2-3-10(6-14(9)20(25)26)18-15(21)8-27-16(22)12-5-4-11(19(23)24)7-13(12)17/h2-7H,8H2,1H3,(H,18,21). The topological polar surface area (TPSA) is 142 Å². The summed E-state index contributed by atoms with van der Waals surface area (Å²) in [6.07, 6.45) is 0. The van der Waals surface area contributed by atoms with Crippen molar-refractivity contribution in [1.29, 1.82) is 0 Å². The van der Waals surface area contributed by atoms with Crippen LogP contribution in [0.15, 0.2) is 36.4 Å². The lowest BCUT2D eigenvalue weighted by atomic mass is 10.2. The monoisotopic (exact) mass is 393 g/mol. The first kappa shape index (κ1) is 19.8. The van der Waals surface area contributed by atoms with Gasteiger partial charge in [0.25, 0.3) is 17.3 Å². The van der Waals surface area contributed by atoms with E-state index in [-0.39, 0.29) is 27.6 Å². The second-order valence-electron chi connectivity index (χ2n) is 5.30. The lowest BCUT2D eigenvalue weighted by molar-refractivity contribution is -0.385. The fourth-order valence-corrected chi connectivity index (χ4v) is 2.32. The second-order valence-corrected chi connectivity index (χ2v) is 5.71. The Balaban J connectivity index is 1.99. The summed E-state index contributed by atoms with van der Waals surface area (Å²) >= 11 is 5.81. The number of non-ortho nitro benzene ring substituents is 1. The van der Waals surface area contributed by atoms with E-state index in [0.29, 0.717) is 5.56 Å². The van der Waals surface area contributed by atoms with E-state index in [1.807, 2.05) is 0 Å². The van der Waals surface area contributed by atoms with Crippen molar-refractivity contribution in [2.75, 3.05) is 11.9 Å². The number of amides is 1. The predicted octanol–water partition coefficient (Wildman–Crippen LogP) is 3.26. The second kappa shape index (κ2) is 8.23. The number of halogens is 1. The van der Waals surface area contributed by atoms with Crippen molar-refractivity contribution >= 4 is 40.5 Å². The van der Waals surface area contributed by atoms with Crippen LogP contribution in [0.3, 0.4) is 0 Å². The first-order valence-corrected chi connectivity index (χ1v) is 7.73. The van der Waals surface area contributed by atoms with Crippen LogP contribution in [0.5, 0.6) is 0 Å². The third-order valence-corrected chi connectivity index (χ3v) is 3.72. The van der Waals surface area contributed by atoms with E-state index in [9.17, 15) is 29.8 Å². The molecule has 1 amide bonds. The maximum absolute atomic E-state index is 11.9. The number of nitrogens with zero attached hydrogens (tertiary/aromatic N) is 2. The molecule has 0 aliphatic heterocycles. The van der Waals surface area contributed by atoms with Crippen LogP contribution < -0.4 is 5.32 Å². The van der Waals surface area contributed by atoms with Gasteiger partial charge in [0.2, 0.25) is 0 Å².